The van der Waals surface area contributed by atoms with Crippen LogP contribution in [0.25, 0.3) is 0 Å². The summed E-state index contributed by atoms with van der Waals surface area (Å²) in [5, 5.41) is 3.20. The lowest BCUT2D eigenvalue weighted by Crippen LogP contribution is -2.16. The second kappa shape index (κ2) is 9.18. The van der Waals surface area contributed by atoms with Gasteiger partial charge in [0.05, 0.1) is 27.9 Å². The topological polar surface area (TPSA) is 53.8 Å². The number of thioether (sulfide) groups is 1. The molecule has 0 aromatic heterocycles. The zero-order valence-corrected chi connectivity index (χ0v) is 16.9. The molecule has 0 atom stereocenters. The molecule has 8 heteroatoms. The first-order valence-electron chi connectivity index (χ1n) is 9.36. The van der Waals surface area contributed by atoms with E-state index in [4.69, 9.17) is 4.99 Å². The van der Waals surface area contributed by atoms with Gasteiger partial charge < -0.3 is 5.32 Å². The Kier molecular flexibility index (Phi) is 6.18. The van der Waals surface area contributed by atoms with Gasteiger partial charge in [0.25, 0.3) is 0 Å². The second-order valence-electron chi connectivity index (χ2n) is 6.70. The standard InChI is InChI=1S/C23H16F3N3OS/c24-15-7-5-14(6-8-15)21-12-23(29-20-4-2-1-3-19(20)28-21)31-13-22(30)27-16-9-10-17(25)18(26)11-16/h1-11H,12-13H2,(H,27,30). The number of anilines is 1. The summed E-state index contributed by atoms with van der Waals surface area (Å²) in [5.74, 6) is -2.70. The largest absolute Gasteiger partial charge is 0.325 e. The Labute approximate surface area is 180 Å². The van der Waals surface area contributed by atoms with E-state index in [1.807, 2.05) is 24.3 Å². The van der Waals surface area contributed by atoms with Crippen LogP contribution in [0.1, 0.15) is 12.0 Å². The van der Waals surface area contributed by atoms with E-state index in [1.54, 1.807) is 12.1 Å². The van der Waals surface area contributed by atoms with E-state index >= 15 is 0 Å². The van der Waals surface area contributed by atoms with E-state index in [9.17, 15) is 18.0 Å². The molecule has 31 heavy (non-hydrogen) atoms. The first kappa shape index (κ1) is 20.9. The van der Waals surface area contributed by atoms with Crippen LogP contribution in [0.5, 0.6) is 0 Å². The third-order valence-corrected chi connectivity index (χ3v) is 5.43. The molecule has 3 aromatic rings. The van der Waals surface area contributed by atoms with E-state index < -0.39 is 11.6 Å². The minimum Gasteiger partial charge on any atom is -0.325 e. The van der Waals surface area contributed by atoms with Crippen LogP contribution in [0.3, 0.4) is 0 Å². The van der Waals surface area contributed by atoms with Crippen molar-refractivity contribution in [3.05, 3.63) is 89.7 Å². The molecule has 0 saturated carbocycles. The highest BCUT2D eigenvalue weighted by atomic mass is 32.2. The van der Waals surface area contributed by atoms with Gasteiger partial charge >= 0.3 is 0 Å². The lowest BCUT2D eigenvalue weighted by Gasteiger charge is -2.08. The van der Waals surface area contributed by atoms with Crippen LogP contribution in [0.15, 0.2) is 76.7 Å². The predicted molar refractivity (Wildman–Crippen MR) is 118 cm³/mol. The number of hydrogen-bond acceptors (Lipinski definition) is 4. The van der Waals surface area contributed by atoms with Crippen LogP contribution in [-0.4, -0.2) is 22.4 Å². The van der Waals surface area contributed by atoms with Crippen molar-refractivity contribution in [2.45, 2.75) is 6.42 Å². The molecule has 0 fully saturated rings. The van der Waals surface area contributed by atoms with Crippen molar-refractivity contribution in [3.63, 3.8) is 0 Å². The molecule has 4 rings (SSSR count). The van der Waals surface area contributed by atoms with Gasteiger partial charge in [0, 0.05) is 18.2 Å². The third kappa shape index (κ3) is 5.21. The lowest BCUT2D eigenvalue weighted by atomic mass is 10.1. The summed E-state index contributed by atoms with van der Waals surface area (Å²) >= 11 is 1.23. The van der Waals surface area contributed by atoms with Crippen molar-refractivity contribution in [2.75, 3.05) is 11.1 Å². The van der Waals surface area contributed by atoms with Crippen LogP contribution in [0.4, 0.5) is 30.2 Å². The van der Waals surface area contributed by atoms with E-state index in [0.717, 1.165) is 17.7 Å². The molecule has 1 amide bonds. The Bertz CT molecular complexity index is 1190. The fourth-order valence-corrected chi connectivity index (χ4v) is 3.74. The van der Waals surface area contributed by atoms with Gasteiger partial charge in [0.1, 0.15) is 5.82 Å². The predicted octanol–water partition coefficient (Wildman–Crippen LogP) is 6.03. The maximum Gasteiger partial charge on any atom is 0.234 e. The minimum atomic E-state index is -1.03. The van der Waals surface area contributed by atoms with Gasteiger partial charge in [-0.3, -0.25) is 9.79 Å². The van der Waals surface area contributed by atoms with Crippen molar-refractivity contribution in [1.29, 1.82) is 0 Å². The Balaban J connectivity index is 1.51. The zero-order chi connectivity index (χ0) is 21.8. The number of amides is 1. The number of nitrogens with one attached hydrogen (secondary N) is 1. The number of rotatable bonds is 4. The zero-order valence-electron chi connectivity index (χ0n) is 16.1. The van der Waals surface area contributed by atoms with Gasteiger partial charge in [-0.05, 0) is 42.0 Å². The molecular weight excluding hydrogens is 423 g/mol. The van der Waals surface area contributed by atoms with Crippen molar-refractivity contribution in [2.24, 2.45) is 9.98 Å². The van der Waals surface area contributed by atoms with Crippen LogP contribution >= 0.6 is 11.8 Å². The summed E-state index contributed by atoms with van der Waals surface area (Å²) in [7, 11) is 0. The van der Waals surface area contributed by atoms with Gasteiger partial charge in [-0.1, -0.05) is 24.3 Å². The highest BCUT2D eigenvalue weighted by Crippen LogP contribution is 2.33. The molecule has 1 aliphatic rings. The van der Waals surface area contributed by atoms with Gasteiger partial charge in [-0.2, -0.15) is 0 Å². The molecule has 156 valence electrons. The molecule has 0 spiro atoms. The number of para-hydroxylation sites is 2. The van der Waals surface area contributed by atoms with Crippen LogP contribution in [0.2, 0.25) is 0 Å². The van der Waals surface area contributed by atoms with Crippen molar-refractivity contribution < 1.29 is 18.0 Å². The van der Waals surface area contributed by atoms with Crippen LogP contribution in [0, 0.1) is 17.5 Å². The van der Waals surface area contributed by atoms with Crippen molar-refractivity contribution >= 4 is 45.5 Å². The number of halogens is 3. The maximum atomic E-state index is 13.3. The van der Waals surface area contributed by atoms with Gasteiger partial charge in [-0.15, -0.1) is 11.8 Å². The Hall–Kier alpha value is -3.39. The molecule has 4 nitrogen and oxygen atoms in total. The molecule has 0 bridgehead atoms. The van der Waals surface area contributed by atoms with E-state index in [1.165, 1.54) is 30.0 Å². The summed E-state index contributed by atoms with van der Waals surface area (Å²) in [6.07, 6.45) is 0.365. The normalized spacial score (nSPS) is 13.0. The van der Waals surface area contributed by atoms with Gasteiger partial charge in [0.15, 0.2) is 11.6 Å². The van der Waals surface area contributed by atoms with E-state index in [-0.39, 0.29) is 23.2 Å². The van der Waals surface area contributed by atoms with Gasteiger partial charge in [-0.25, -0.2) is 18.2 Å². The highest BCUT2D eigenvalue weighted by Gasteiger charge is 2.17. The number of carbonyl (C=O) groups excluding carboxylic acids is 1. The fourth-order valence-electron chi connectivity index (χ4n) is 2.97. The Morgan fingerprint density at radius 3 is 2.32 bits per heavy atom. The molecule has 1 N–H and O–H groups in total. The average molecular weight is 439 g/mol. The summed E-state index contributed by atoms with van der Waals surface area (Å²) in [6, 6.07) is 16.6. The molecule has 3 aromatic carbocycles. The third-order valence-electron chi connectivity index (χ3n) is 4.45. The van der Waals surface area contributed by atoms with E-state index in [0.29, 0.717) is 28.6 Å². The van der Waals surface area contributed by atoms with Gasteiger partial charge in [0.2, 0.25) is 5.91 Å². The van der Waals surface area contributed by atoms with E-state index in [2.05, 4.69) is 10.3 Å². The number of benzene rings is 3. The molecule has 0 saturated heterocycles. The first-order valence-corrected chi connectivity index (χ1v) is 10.3. The number of fused-ring (bicyclic) bond motifs is 1. The first-order chi connectivity index (χ1) is 15.0. The number of nitrogens with zero attached hydrogens (tertiary/aromatic N) is 2. The molecule has 0 aliphatic carbocycles. The summed E-state index contributed by atoms with van der Waals surface area (Å²) in [5.41, 5.74) is 2.99. The van der Waals surface area contributed by atoms with Crippen LogP contribution in [-0.2, 0) is 4.79 Å². The molecule has 0 unspecified atom stereocenters. The summed E-state index contributed by atoms with van der Waals surface area (Å²) < 4.78 is 39.7. The molecule has 1 heterocycles. The van der Waals surface area contributed by atoms with Crippen LogP contribution < -0.4 is 5.32 Å². The number of aliphatic imine (C=N–C) groups is 2. The monoisotopic (exact) mass is 439 g/mol. The second-order valence-corrected chi connectivity index (χ2v) is 7.75. The summed E-state index contributed by atoms with van der Waals surface area (Å²) in [4.78, 5) is 21.6. The fraction of sp³-hybridized carbons (Fsp3) is 0.0870. The SMILES string of the molecule is O=C(CSC1=Nc2ccccc2N=C(c2ccc(F)cc2)C1)Nc1ccc(F)c(F)c1. The quantitative estimate of drug-likeness (QED) is 0.540. The number of hydrogen-bond donors (Lipinski definition) is 1. The lowest BCUT2D eigenvalue weighted by molar-refractivity contribution is -0.113. The summed E-state index contributed by atoms with van der Waals surface area (Å²) in [6.45, 7) is 0. The Morgan fingerprint density at radius 1 is 0.903 bits per heavy atom. The van der Waals surface area contributed by atoms with Crippen molar-refractivity contribution in [1.82, 2.24) is 0 Å². The highest BCUT2D eigenvalue weighted by molar-refractivity contribution is 8.14. The number of carbonyl (C=O) groups is 1. The minimum absolute atomic E-state index is 0.0245. The Morgan fingerprint density at radius 2 is 1.61 bits per heavy atom. The maximum absolute atomic E-state index is 13.3. The average Bonchev–Trinajstić information content (AvgIpc) is 2.95. The van der Waals surface area contributed by atoms with Crippen molar-refractivity contribution in [3.8, 4) is 0 Å². The molecular formula is C23H16F3N3OS. The molecule has 0 radical (unpaired) electrons. The smallest absolute Gasteiger partial charge is 0.234 e. The molecule has 1 aliphatic heterocycles.